The summed E-state index contributed by atoms with van der Waals surface area (Å²) in [6.45, 7) is 4.88. The lowest BCUT2D eigenvalue weighted by Crippen LogP contribution is -2.18. The van der Waals surface area contributed by atoms with E-state index in [9.17, 15) is 0 Å². The van der Waals surface area contributed by atoms with Crippen molar-refractivity contribution in [2.45, 2.75) is 39.5 Å². The molecule has 0 heterocycles. The van der Waals surface area contributed by atoms with Gasteiger partial charge in [-0.15, -0.1) is 0 Å². The van der Waals surface area contributed by atoms with Gasteiger partial charge in [0, 0.05) is 0 Å². The lowest BCUT2D eigenvalue weighted by atomic mass is 9.77. The normalized spacial score (nSPS) is 46.0. The fourth-order valence-electron chi connectivity index (χ4n) is 2.53. The highest BCUT2D eigenvalue weighted by atomic mass is 14.5. The molecule has 52 valence electrons. The summed E-state index contributed by atoms with van der Waals surface area (Å²) in [5, 5.41) is 0. The molecular weight excluding hydrogens is 108 g/mol. The molecule has 0 amide bonds. The van der Waals surface area contributed by atoms with Gasteiger partial charge in [0.25, 0.3) is 0 Å². The Balaban J connectivity index is 2.09. The van der Waals surface area contributed by atoms with Gasteiger partial charge in [-0.25, -0.2) is 0 Å². The maximum absolute atomic E-state index is 2.44. The van der Waals surface area contributed by atoms with Gasteiger partial charge in [0.2, 0.25) is 0 Å². The molecule has 2 unspecified atom stereocenters. The average Bonchev–Trinajstić information content (AvgIpc) is 2.43. The van der Waals surface area contributed by atoms with E-state index in [1.807, 2.05) is 0 Å². The SMILES string of the molecule is CC1(C)CCCC2CC21. The molecule has 0 bridgehead atoms. The number of hydrogen-bond donors (Lipinski definition) is 0. The zero-order chi connectivity index (χ0) is 6.48. The minimum atomic E-state index is 0.711. The minimum Gasteiger partial charge on any atom is -0.0596 e. The smallest absolute Gasteiger partial charge is 0.0323 e. The van der Waals surface area contributed by atoms with Crippen LogP contribution in [0.15, 0.2) is 0 Å². The second-order valence-corrected chi connectivity index (χ2v) is 4.48. The monoisotopic (exact) mass is 124 g/mol. The van der Waals surface area contributed by atoms with E-state index in [0.717, 1.165) is 11.8 Å². The van der Waals surface area contributed by atoms with E-state index in [1.54, 1.807) is 6.42 Å². The molecule has 2 fully saturated rings. The molecular formula is C9H16. The zero-order valence-electron chi connectivity index (χ0n) is 6.48. The van der Waals surface area contributed by atoms with Crippen molar-refractivity contribution in [3.05, 3.63) is 0 Å². The molecule has 0 N–H and O–H groups in total. The Hall–Kier alpha value is 0. The third-order valence-corrected chi connectivity index (χ3v) is 3.32. The van der Waals surface area contributed by atoms with Crippen LogP contribution in [0.5, 0.6) is 0 Å². The maximum Gasteiger partial charge on any atom is -0.0323 e. The first kappa shape index (κ1) is 5.76. The van der Waals surface area contributed by atoms with Crippen molar-refractivity contribution in [3.63, 3.8) is 0 Å². The van der Waals surface area contributed by atoms with Crippen molar-refractivity contribution in [1.82, 2.24) is 0 Å². The van der Waals surface area contributed by atoms with E-state index < -0.39 is 0 Å². The van der Waals surface area contributed by atoms with Crippen LogP contribution in [-0.2, 0) is 0 Å². The summed E-state index contributed by atoms with van der Waals surface area (Å²) in [5.41, 5.74) is 0.711. The summed E-state index contributed by atoms with van der Waals surface area (Å²) in [6.07, 6.45) is 6.06. The molecule has 0 aromatic carbocycles. The molecule has 0 aliphatic heterocycles. The van der Waals surface area contributed by atoms with Gasteiger partial charge in [0.1, 0.15) is 0 Å². The highest BCUT2D eigenvalue weighted by molar-refractivity contribution is 4.99. The molecule has 2 atom stereocenters. The highest BCUT2D eigenvalue weighted by Gasteiger charge is 2.49. The summed E-state index contributed by atoms with van der Waals surface area (Å²) in [5.74, 6) is 2.26. The van der Waals surface area contributed by atoms with Crippen molar-refractivity contribution in [2.75, 3.05) is 0 Å². The third-order valence-electron chi connectivity index (χ3n) is 3.32. The van der Waals surface area contributed by atoms with Crippen LogP contribution in [0.3, 0.4) is 0 Å². The van der Waals surface area contributed by atoms with Crippen molar-refractivity contribution in [1.29, 1.82) is 0 Å². The molecule has 0 saturated heterocycles. The average molecular weight is 124 g/mol. The molecule has 0 heteroatoms. The van der Waals surface area contributed by atoms with E-state index in [1.165, 1.54) is 19.3 Å². The fraction of sp³-hybridized carbons (Fsp3) is 1.00. The van der Waals surface area contributed by atoms with Crippen LogP contribution in [0.1, 0.15) is 39.5 Å². The standard InChI is InChI=1S/C9H16/c1-9(2)5-3-4-7-6-8(7)9/h7-8H,3-6H2,1-2H3. The van der Waals surface area contributed by atoms with Crippen molar-refractivity contribution >= 4 is 0 Å². The van der Waals surface area contributed by atoms with Crippen LogP contribution in [0.25, 0.3) is 0 Å². The molecule has 2 aliphatic rings. The fourth-order valence-corrected chi connectivity index (χ4v) is 2.53. The second-order valence-electron chi connectivity index (χ2n) is 4.48. The Morgan fingerprint density at radius 1 is 1.33 bits per heavy atom. The van der Waals surface area contributed by atoms with E-state index in [0.29, 0.717) is 5.41 Å². The van der Waals surface area contributed by atoms with Crippen LogP contribution in [0.4, 0.5) is 0 Å². The lowest BCUT2D eigenvalue weighted by Gasteiger charge is -2.28. The van der Waals surface area contributed by atoms with Crippen molar-refractivity contribution < 1.29 is 0 Å². The molecule has 0 radical (unpaired) electrons. The minimum absolute atomic E-state index is 0.711. The Bertz CT molecular complexity index is 124. The number of rotatable bonds is 0. The molecule has 0 spiro atoms. The summed E-state index contributed by atoms with van der Waals surface area (Å²) in [4.78, 5) is 0. The van der Waals surface area contributed by atoms with Gasteiger partial charge in [0.05, 0.1) is 0 Å². The molecule has 9 heavy (non-hydrogen) atoms. The van der Waals surface area contributed by atoms with Crippen molar-refractivity contribution in [3.8, 4) is 0 Å². The Labute approximate surface area is 57.6 Å². The van der Waals surface area contributed by atoms with Crippen LogP contribution >= 0.6 is 0 Å². The zero-order valence-corrected chi connectivity index (χ0v) is 6.48. The summed E-state index contributed by atoms with van der Waals surface area (Å²) in [7, 11) is 0. The molecule has 0 aromatic heterocycles. The molecule has 0 nitrogen and oxygen atoms in total. The van der Waals surface area contributed by atoms with Gasteiger partial charge in [-0.3, -0.25) is 0 Å². The van der Waals surface area contributed by atoms with E-state index >= 15 is 0 Å². The largest absolute Gasteiger partial charge is 0.0596 e. The first-order valence-corrected chi connectivity index (χ1v) is 4.20. The van der Waals surface area contributed by atoms with Gasteiger partial charge in [-0.1, -0.05) is 26.7 Å². The van der Waals surface area contributed by atoms with Crippen LogP contribution in [-0.4, -0.2) is 0 Å². The summed E-state index contributed by atoms with van der Waals surface area (Å²) in [6, 6.07) is 0. The number of fused-ring (bicyclic) bond motifs is 1. The van der Waals surface area contributed by atoms with Gasteiger partial charge >= 0.3 is 0 Å². The van der Waals surface area contributed by atoms with E-state index in [-0.39, 0.29) is 0 Å². The van der Waals surface area contributed by atoms with Gasteiger partial charge < -0.3 is 0 Å². The topological polar surface area (TPSA) is 0 Å². The van der Waals surface area contributed by atoms with E-state index in [2.05, 4.69) is 13.8 Å². The summed E-state index contributed by atoms with van der Waals surface area (Å²) >= 11 is 0. The highest BCUT2D eigenvalue weighted by Crippen LogP contribution is 2.58. The maximum atomic E-state index is 2.44. The second kappa shape index (κ2) is 1.53. The Kier molecular flexibility index (Phi) is 0.980. The van der Waals surface area contributed by atoms with Gasteiger partial charge in [0.15, 0.2) is 0 Å². The quantitative estimate of drug-likeness (QED) is 0.466. The van der Waals surface area contributed by atoms with E-state index in [4.69, 9.17) is 0 Å². The van der Waals surface area contributed by atoms with Crippen LogP contribution in [0.2, 0.25) is 0 Å². The molecule has 2 rings (SSSR count). The molecule has 2 saturated carbocycles. The predicted molar refractivity (Wildman–Crippen MR) is 39.2 cm³/mol. The molecule has 2 aliphatic carbocycles. The first-order valence-electron chi connectivity index (χ1n) is 4.20. The Morgan fingerprint density at radius 3 is 2.67 bits per heavy atom. The lowest BCUT2D eigenvalue weighted by molar-refractivity contribution is 0.221. The third kappa shape index (κ3) is 0.798. The summed E-state index contributed by atoms with van der Waals surface area (Å²) < 4.78 is 0. The van der Waals surface area contributed by atoms with Crippen LogP contribution < -0.4 is 0 Å². The number of hydrogen-bond acceptors (Lipinski definition) is 0. The van der Waals surface area contributed by atoms with Crippen molar-refractivity contribution in [2.24, 2.45) is 17.3 Å². The molecule has 0 aromatic rings. The Morgan fingerprint density at radius 2 is 2.11 bits per heavy atom. The van der Waals surface area contributed by atoms with Gasteiger partial charge in [-0.05, 0) is 30.1 Å². The van der Waals surface area contributed by atoms with Gasteiger partial charge in [-0.2, -0.15) is 0 Å². The first-order chi connectivity index (χ1) is 4.20. The van der Waals surface area contributed by atoms with Crippen LogP contribution in [0, 0.1) is 17.3 Å². The predicted octanol–water partition coefficient (Wildman–Crippen LogP) is 2.83.